The number of hydrogen-bond donors (Lipinski definition) is 2. The van der Waals surface area contributed by atoms with Crippen LogP contribution in [-0.4, -0.2) is 18.0 Å². The van der Waals surface area contributed by atoms with E-state index in [1.165, 1.54) is 17.6 Å². The highest BCUT2D eigenvalue weighted by atomic mass is 35.5. The average Bonchev–Trinajstić information content (AvgIpc) is 2.88. The van der Waals surface area contributed by atoms with E-state index < -0.39 is 11.8 Å². The molecule has 2 aromatic rings. The minimum atomic E-state index is -0.843. The zero-order valence-electron chi connectivity index (χ0n) is 12.0. The molecule has 2 amide bonds. The molecule has 0 radical (unpaired) electrons. The van der Waals surface area contributed by atoms with Crippen molar-refractivity contribution in [2.75, 3.05) is 5.32 Å². The van der Waals surface area contributed by atoms with E-state index in [0.717, 1.165) is 16.0 Å². The average molecular weight is 336 g/mol. The topological polar surface area (TPSA) is 70.6 Å². The van der Waals surface area contributed by atoms with Gasteiger partial charge in [0.1, 0.15) is 0 Å². The Balaban J connectivity index is 1.95. The smallest absolute Gasteiger partial charge is 0.317 e. The van der Waals surface area contributed by atoms with Crippen molar-refractivity contribution in [1.82, 2.24) is 5.43 Å². The van der Waals surface area contributed by atoms with Crippen LogP contribution in [0.2, 0.25) is 5.02 Å². The first-order valence-electron chi connectivity index (χ1n) is 6.42. The first-order valence-corrected chi connectivity index (χ1v) is 7.68. The van der Waals surface area contributed by atoms with E-state index in [1.54, 1.807) is 18.2 Å². The lowest BCUT2D eigenvalue weighted by Gasteiger charge is -2.07. The lowest BCUT2D eigenvalue weighted by atomic mass is 10.2. The SMILES string of the molecule is Cc1ccc(Cl)cc1NC(=O)C(=O)N/N=C\c1sccc1C. The predicted octanol–water partition coefficient (Wildman–Crippen LogP) is 3.11. The maximum absolute atomic E-state index is 11.8. The number of rotatable bonds is 3. The summed E-state index contributed by atoms with van der Waals surface area (Å²) >= 11 is 7.36. The molecule has 1 heterocycles. The van der Waals surface area contributed by atoms with Gasteiger partial charge in [-0.25, -0.2) is 5.43 Å². The van der Waals surface area contributed by atoms with Crippen molar-refractivity contribution in [3.63, 3.8) is 0 Å². The van der Waals surface area contributed by atoms with Crippen LogP contribution in [0.1, 0.15) is 16.0 Å². The van der Waals surface area contributed by atoms with E-state index in [-0.39, 0.29) is 0 Å². The molecule has 0 bridgehead atoms. The fourth-order valence-corrected chi connectivity index (χ4v) is 2.58. The highest BCUT2D eigenvalue weighted by Gasteiger charge is 2.14. The van der Waals surface area contributed by atoms with E-state index in [4.69, 9.17) is 11.6 Å². The lowest BCUT2D eigenvalue weighted by Crippen LogP contribution is -2.32. The van der Waals surface area contributed by atoms with Gasteiger partial charge in [0.25, 0.3) is 0 Å². The number of nitrogens with one attached hydrogen (secondary N) is 2. The molecule has 1 aromatic carbocycles. The van der Waals surface area contributed by atoms with Crippen molar-refractivity contribution in [2.45, 2.75) is 13.8 Å². The molecule has 0 atom stereocenters. The summed E-state index contributed by atoms with van der Waals surface area (Å²) in [5.74, 6) is -1.64. The minimum absolute atomic E-state index is 0.479. The Morgan fingerprint density at radius 1 is 1.18 bits per heavy atom. The molecule has 0 unspecified atom stereocenters. The summed E-state index contributed by atoms with van der Waals surface area (Å²) in [6.07, 6.45) is 1.51. The molecule has 114 valence electrons. The molecule has 0 aliphatic rings. The summed E-state index contributed by atoms with van der Waals surface area (Å²) in [7, 11) is 0. The van der Waals surface area contributed by atoms with Crippen molar-refractivity contribution >= 4 is 46.7 Å². The Morgan fingerprint density at radius 3 is 2.64 bits per heavy atom. The van der Waals surface area contributed by atoms with Gasteiger partial charge in [-0.1, -0.05) is 17.7 Å². The Bertz CT molecular complexity index is 740. The van der Waals surface area contributed by atoms with Crippen LogP contribution in [0, 0.1) is 13.8 Å². The Hall–Kier alpha value is -2.18. The van der Waals surface area contributed by atoms with Gasteiger partial charge < -0.3 is 5.32 Å². The van der Waals surface area contributed by atoms with Gasteiger partial charge in [0, 0.05) is 15.6 Å². The van der Waals surface area contributed by atoms with Crippen LogP contribution >= 0.6 is 22.9 Å². The second-order valence-electron chi connectivity index (χ2n) is 4.58. The number of thiophene rings is 1. The van der Waals surface area contributed by atoms with Crippen LogP contribution in [0.3, 0.4) is 0 Å². The van der Waals surface area contributed by atoms with Crippen molar-refractivity contribution in [3.05, 3.63) is 50.7 Å². The minimum Gasteiger partial charge on any atom is -0.317 e. The Kier molecular flexibility index (Phi) is 5.30. The quantitative estimate of drug-likeness (QED) is 0.514. The number of amides is 2. The van der Waals surface area contributed by atoms with E-state index in [2.05, 4.69) is 15.8 Å². The van der Waals surface area contributed by atoms with E-state index >= 15 is 0 Å². The van der Waals surface area contributed by atoms with Crippen molar-refractivity contribution in [1.29, 1.82) is 0 Å². The number of benzene rings is 1. The molecule has 0 spiro atoms. The van der Waals surface area contributed by atoms with Gasteiger partial charge >= 0.3 is 11.8 Å². The predicted molar refractivity (Wildman–Crippen MR) is 89.6 cm³/mol. The van der Waals surface area contributed by atoms with Gasteiger partial charge in [0.2, 0.25) is 0 Å². The second kappa shape index (κ2) is 7.20. The molecule has 0 saturated carbocycles. The Morgan fingerprint density at radius 2 is 1.95 bits per heavy atom. The molecule has 22 heavy (non-hydrogen) atoms. The van der Waals surface area contributed by atoms with Crippen LogP contribution in [0.15, 0.2) is 34.7 Å². The largest absolute Gasteiger partial charge is 0.329 e. The second-order valence-corrected chi connectivity index (χ2v) is 5.96. The van der Waals surface area contributed by atoms with Gasteiger partial charge in [0.15, 0.2) is 0 Å². The third-order valence-electron chi connectivity index (χ3n) is 2.90. The third kappa shape index (κ3) is 4.16. The molecule has 0 fully saturated rings. The van der Waals surface area contributed by atoms with E-state index in [9.17, 15) is 9.59 Å². The number of aryl methyl sites for hydroxylation is 2. The maximum Gasteiger partial charge on any atom is 0.329 e. The Labute approximate surface area is 137 Å². The molecule has 0 saturated heterocycles. The lowest BCUT2D eigenvalue weighted by molar-refractivity contribution is -0.136. The maximum atomic E-state index is 11.8. The van der Waals surface area contributed by atoms with Crippen LogP contribution in [0.25, 0.3) is 0 Å². The van der Waals surface area contributed by atoms with Crippen LogP contribution in [0.5, 0.6) is 0 Å². The third-order valence-corrected chi connectivity index (χ3v) is 4.09. The molecule has 2 rings (SSSR count). The number of anilines is 1. The summed E-state index contributed by atoms with van der Waals surface area (Å²) in [5, 5.41) is 8.68. The first kappa shape index (κ1) is 16.2. The fraction of sp³-hybridized carbons (Fsp3) is 0.133. The standard InChI is InChI=1S/C15H14ClN3O2S/c1-9-3-4-11(16)7-12(9)18-14(20)15(21)19-17-8-13-10(2)5-6-22-13/h3-8H,1-2H3,(H,18,20)(H,19,21)/b17-8-. The van der Waals surface area contributed by atoms with Gasteiger partial charge in [0.05, 0.1) is 6.21 Å². The molecule has 5 nitrogen and oxygen atoms in total. The number of carbonyl (C=O) groups is 2. The van der Waals surface area contributed by atoms with Crippen LogP contribution < -0.4 is 10.7 Å². The molecule has 0 aliphatic carbocycles. The zero-order chi connectivity index (χ0) is 16.1. The summed E-state index contributed by atoms with van der Waals surface area (Å²) < 4.78 is 0. The van der Waals surface area contributed by atoms with E-state index in [1.807, 2.05) is 25.3 Å². The summed E-state index contributed by atoms with van der Waals surface area (Å²) in [6, 6.07) is 7.00. The fourth-order valence-electron chi connectivity index (χ4n) is 1.62. The molecular weight excluding hydrogens is 322 g/mol. The van der Waals surface area contributed by atoms with Crippen LogP contribution in [0.4, 0.5) is 5.69 Å². The molecular formula is C15H14ClN3O2S. The van der Waals surface area contributed by atoms with Gasteiger partial charge in [-0.3, -0.25) is 9.59 Å². The number of hydrazone groups is 1. The molecule has 1 aromatic heterocycles. The number of hydrogen-bond acceptors (Lipinski definition) is 4. The highest BCUT2D eigenvalue weighted by molar-refractivity contribution is 7.11. The molecule has 2 N–H and O–H groups in total. The summed E-state index contributed by atoms with van der Waals surface area (Å²) in [4.78, 5) is 24.4. The summed E-state index contributed by atoms with van der Waals surface area (Å²) in [6.45, 7) is 3.75. The van der Waals surface area contributed by atoms with Gasteiger partial charge in [-0.05, 0) is 48.6 Å². The zero-order valence-corrected chi connectivity index (χ0v) is 13.6. The van der Waals surface area contributed by atoms with Gasteiger partial charge in [-0.15, -0.1) is 11.3 Å². The normalized spacial score (nSPS) is 10.7. The molecule has 0 aliphatic heterocycles. The first-order chi connectivity index (χ1) is 10.5. The summed E-state index contributed by atoms with van der Waals surface area (Å²) in [5.41, 5.74) is 4.55. The number of halogens is 1. The monoisotopic (exact) mass is 335 g/mol. The number of nitrogens with zero attached hydrogens (tertiary/aromatic N) is 1. The number of carbonyl (C=O) groups excluding carboxylic acids is 2. The molecule has 7 heteroatoms. The van der Waals surface area contributed by atoms with Crippen LogP contribution in [-0.2, 0) is 9.59 Å². The van der Waals surface area contributed by atoms with Crippen molar-refractivity contribution < 1.29 is 9.59 Å². The van der Waals surface area contributed by atoms with E-state index in [0.29, 0.717) is 10.7 Å². The van der Waals surface area contributed by atoms with Crippen molar-refractivity contribution in [2.24, 2.45) is 5.10 Å². The van der Waals surface area contributed by atoms with Gasteiger partial charge in [-0.2, -0.15) is 5.10 Å². The van der Waals surface area contributed by atoms with Crippen molar-refractivity contribution in [3.8, 4) is 0 Å². The highest BCUT2D eigenvalue weighted by Crippen LogP contribution is 2.19.